The number of ether oxygens (including phenoxy) is 3. The second-order valence-electron chi connectivity index (χ2n) is 7.08. The summed E-state index contributed by atoms with van der Waals surface area (Å²) in [6, 6.07) is 18.9. The van der Waals surface area contributed by atoms with E-state index in [0.29, 0.717) is 43.6 Å². The standard InChI is InChI=1S/C17H15N3O2.C8H10N2O2/c1-21-17-15(16(18)19-11-20-17)12-7-9-14(10-8-12)22-13-5-3-2-4-6-13;1-7(6-9)8(11)10-2-4-12-5-3-10/h2-11H,1H3,(H2,18,19,20);1-5H2. The molecule has 9 heteroatoms. The van der Waals surface area contributed by atoms with Crippen molar-refractivity contribution >= 4 is 11.7 Å². The zero-order valence-corrected chi connectivity index (χ0v) is 18.8. The smallest absolute Gasteiger partial charge is 0.264 e. The van der Waals surface area contributed by atoms with Crippen LogP contribution in [0.15, 0.2) is 73.1 Å². The number of hydrogen-bond donors (Lipinski definition) is 1. The van der Waals surface area contributed by atoms with Crippen LogP contribution in [0.5, 0.6) is 17.4 Å². The molecule has 2 heterocycles. The number of carbonyl (C=O) groups is 1. The van der Waals surface area contributed by atoms with Crippen molar-refractivity contribution in [3.05, 3.63) is 73.1 Å². The van der Waals surface area contributed by atoms with E-state index in [1.165, 1.54) is 6.33 Å². The maximum Gasteiger partial charge on any atom is 0.264 e. The fraction of sp³-hybridized carbons (Fsp3) is 0.200. The second-order valence-corrected chi connectivity index (χ2v) is 7.08. The molecule has 0 spiro atoms. The Morgan fingerprint density at radius 2 is 1.74 bits per heavy atom. The molecule has 4 rings (SSSR count). The molecule has 3 aromatic rings. The second kappa shape index (κ2) is 12.0. The van der Waals surface area contributed by atoms with E-state index >= 15 is 0 Å². The first-order valence-corrected chi connectivity index (χ1v) is 10.5. The molecule has 1 aliphatic heterocycles. The highest BCUT2D eigenvalue weighted by atomic mass is 16.5. The van der Waals surface area contributed by atoms with Gasteiger partial charge in [-0.15, -0.1) is 0 Å². The van der Waals surface area contributed by atoms with E-state index in [-0.39, 0.29) is 11.5 Å². The molecule has 1 aliphatic rings. The zero-order chi connectivity index (χ0) is 24.3. The van der Waals surface area contributed by atoms with E-state index in [9.17, 15) is 4.79 Å². The number of hydrogen-bond acceptors (Lipinski definition) is 8. The van der Waals surface area contributed by atoms with Crippen molar-refractivity contribution in [2.24, 2.45) is 0 Å². The van der Waals surface area contributed by atoms with Crippen molar-refractivity contribution in [3.8, 4) is 34.6 Å². The molecule has 0 saturated carbocycles. The first kappa shape index (κ1) is 24.2. The zero-order valence-electron chi connectivity index (χ0n) is 18.8. The molecule has 34 heavy (non-hydrogen) atoms. The van der Waals surface area contributed by atoms with E-state index in [0.717, 1.165) is 17.1 Å². The molecular formula is C25H25N5O4. The van der Waals surface area contributed by atoms with E-state index in [1.54, 1.807) is 18.1 Å². The van der Waals surface area contributed by atoms with Gasteiger partial charge in [0.1, 0.15) is 35.3 Å². The predicted octanol–water partition coefficient (Wildman–Crippen LogP) is 3.45. The minimum absolute atomic E-state index is 0.00287. The van der Waals surface area contributed by atoms with Crippen LogP contribution in [-0.4, -0.2) is 54.2 Å². The van der Waals surface area contributed by atoms with Gasteiger partial charge in [0.05, 0.1) is 25.9 Å². The van der Waals surface area contributed by atoms with Gasteiger partial charge in [-0.2, -0.15) is 5.26 Å². The fourth-order valence-corrected chi connectivity index (χ4v) is 3.13. The van der Waals surface area contributed by atoms with Crippen LogP contribution in [-0.2, 0) is 9.53 Å². The molecule has 174 valence electrons. The highest BCUT2D eigenvalue weighted by molar-refractivity contribution is 5.96. The van der Waals surface area contributed by atoms with Crippen LogP contribution < -0.4 is 15.2 Å². The Bertz CT molecular complexity index is 1150. The molecule has 2 N–H and O–H groups in total. The van der Waals surface area contributed by atoms with Gasteiger partial charge >= 0.3 is 0 Å². The molecular weight excluding hydrogens is 434 g/mol. The summed E-state index contributed by atoms with van der Waals surface area (Å²) in [6.45, 7) is 5.56. The van der Waals surface area contributed by atoms with Crippen molar-refractivity contribution in [1.82, 2.24) is 14.9 Å². The largest absolute Gasteiger partial charge is 0.480 e. The predicted molar refractivity (Wildman–Crippen MR) is 127 cm³/mol. The Balaban J connectivity index is 0.000000229. The van der Waals surface area contributed by atoms with E-state index < -0.39 is 0 Å². The average Bonchev–Trinajstić information content (AvgIpc) is 2.89. The van der Waals surface area contributed by atoms with Crippen LogP contribution in [0.4, 0.5) is 5.82 Å². The van der Waals surface area contributed by atoms with Gasteiger partial charge in [0, 0.05) is 13.1 Å². The lowest BCUT2D eigenvalue weighted by Gasteiger charge is -2.26. The van der Waals surface area contributed by atoms with Crippen LogP contribution in [0, 0.1) is 11.3 Å². The quantitative estimate of drug-likeness (QED) is 0.454. The highest BCUT2D eigenvalue weighted by Gasteiger charge is 2.18. The van der Waals surface area contributed by atoms with E-state index in [4.69, 9.17) is 25.2 Å². The number of benzene rings is 2. The summed E-state index contributed by atoms with van der Waals surface area (Å²) in [5.74, 6) is 2.08. The van der Waals surface area contributed by atoms with Gasteiger partial charge in [0.2, 0.25) is 5.88 Å². The number of carbonyl (C=O) groups excluding carboxylic acids is 1. The number of morpholine rings is 1. The highest BCUT2D eigenvalue weighted by Crippen LogP contribution is 2.33. The Kier molecular flexibility index (Phi) is 8.54. The van der Waals surface area contributed by atoms with Crippen molar-refractivity contribution in [2.45, 2.75) is 0 Å². The Morgan fingerprint density at radius 3 is 2.35 bits per heavy atom. The summed E-state index contributed by atoms with van der Waals surface area (Å²) in [6.07, 6.45) is 1.38. The molecule has 1 saturated heterocycles. The topological polar surface area (TPSA) is 124 Å². The molecule has 1 aromatic heterocycles. The minimum atomic E-state index is -0.277. The Hall–Kier alpha value is -4.42. The molecule has 1 amide bonds. The summed E-state index contributed by atoms with van der Waals surface area (Å²) in [5, 5.41) is 8.41. The van der Waals surface area contributed by atoms with E-state index in [1.807, 2.05) is 54.6 Å². The van der Waals surface area contributed by atoms with Gasteiger partial charge in [-0.25, -0.2) is 9.97 Å². The number of para-hydroxylation sites is 1. The maximum absolute atomic E-state index is 11.3. The lowest BCUT2D eigenvalue weighted by atomic mass is 10.1. The Labute approximate surface area is 198 Å². The molecule has 0 aliphatic carbocycles. The van der Waals surface area contributed by atoms with Crippen molar-refractivity contribution < 1.29 is 19.0 Å². The third-order valence-electron chi connectivity index (χ3n) is 4.85. The number of nitrogens with zero attached hydrogens (tertiary/aromatic N) is 4. The van der Waals surface area contributed by atoms with Crippen LogP contribution in [0.1, 0.15) is 0 Å². The van der Waals surface area contributed by atoms with Gasteiger partial charge in [0.15, 0.2) is 0 Å². The lowest BCUT2D eigenvalue weighted by Crippen LogP contribution is -2.41. The molecule has 0 atom stereocenters. The maximum atomic E-state index is 11.3. The number of nitrogen functional groups attached to an aromatic ring is 1. The number of nitriles is 1. The van der Waals surface area contributed by atoms with E-state index in [2.05, 4.69) is 16.5 Å². The molecule has 0 bridgehead atoms. The summed E-state index contributed by atoms with van der Waals surface area (Å²) in [4.78, 5) is 20.9. The normalized spacial score (nSPS) is 12.5. The third kappa shape index (κ3) is 6.31. The average molecular weight is 460 g/mol. The third-order valence-corrected chi connectivity index (χ3v) is 4.85. The van der Waals surface area contributed by atoms with Crippen molar-refractivity contribution in [2.75, 3.05) is 39.1 Å². The fourth-order valence-electron chi connectivity index (χ4n) is 3.13. The van der Waals surface area contributed by atoms with Crippen LogP contribution in [0.2, 0.25) is 0 Å². The summed E-state index contributed by atoms with van der Waals surface area (Å²) < 4.78 is 16.1. The molecule has 0 radical (unpaired) electrons. The molecule has 2 aromatic carbocycles. The SMILES string of the molecule is C=C(C#N)C(=O)N1CCOCC1.COc1ncnc(N)c1-c1ccc(Oc2ccccc2)cc1. The number of nitrogens with two attached hydrogens (primary N) is 1. The Morgan fingerprint density at radius 1 is 1.09 bits per heavy atom. The number of rotatable bonds is 5. The minimum Gasteiger partial charge on any atom is -0.480 e. The number of methoxy groups -OCH3 is 1. The summed E-state index contributed by atoms with van der Waals surface area (Å²) >= 11 is 0. The van der Waals surface area contributed by atoms with Crippen molar-refractivity contribution in [3.63, 3.8) is 0 Å². The lowest BCUT2D eigenvalue weighted by molar-refractivity contribution is -0.130. The number of anilines is 1. The van der Waals surface area contributed by atoms with Gasteiger partial charge in [0.25, 0.3) is 5.91 Å². The molecule has 9 nitrogen and oxygen atoms in total. The number of amides is 1. The molecule has 0 unspecified atom stereocenters. The first-order chi connectivity index (χ1) is 16.5. The van der Waals surface area contributed by atoms with Crippen LogP contribution in [0.25, 0.3) is 11.1 Å². The summed E-state index contributed by atoms with van der Waals surface area (Å²) in [7, 11) is 1.55. The van der Waals surface area contributed by atoms with Gasteiger partial charge in [-0.05, 0) is 29.8 Å². The number of aromatic nitrogens is 2. The van der Waals surface area contributed by atoms with Gasteiger partial charge in [-0.1, -0.05) is 36.9 Å². The van der Waals surface area contributed by atoms with Gasteiger partial charge < -0.3 is 24.8 Å². The van der Waals surface area contributed by atoms with Crippen LogP contribution >= 0.6 is 0 Å². The van der Waals surface area contributed by atoms with Gasteiger partial charge in [-0.3, -0.25) is 4.79 Å². The molecule has 1 fully saturated rings. The summed E-state index contributed by atoms with van der Waals surface area (Å²) in [5.41, 5.74) is 7.47. The van der Waals surface area contributed by atoms with Crippen LogP contribution in [0.3, 0.4) is 0 Å². The van der Waals surface area contributed by atoms with Crippen molar-refractivity contribution in [1.29, 1.82) is 5.26 Å². The first-order valence-electron chi connectivity index (χ1n) is 10.5. The monoisotopic (exact) mass is 459 g/mol.